The van der Waals surface area contributed by atoms with Crippen LogP contribution < -0.4 is 5.32 Å². The molecule has 0 spiro atoms. The van der Waals surface area contributed by atoms with E-state index in [0.717, 1.165) is 0 Å². The van der Waals surface area contributed by atoms with Gasteiger partial charge in [0.25, 0.3) is 0 Å². The van der Waals surface area contributed by atoms with Crippen LogP contribution >= 0.6 is 0 Å². The Hall–Kier alpha value is -2.10. The van der Waals surface area contributed by atoms with E-state index in [0.29, 0.717) is 37.8 Å². The predicted octanol–water partition coefficient (Wildman–Crippen LogP) is 0.289. The molecule has 2 heterocycles. The highest BCUT2D eigenvalue weighted by Gasteiger charge is 2.16. The molecule has 1 aromatic heterocycles. The van der Waals surface area contributed by atoms with Crippen LogP contribution in [-0.4, -0.2) is 53.9 Å². The van der Waals surface area contributed by atoms with Gasteiger partial charge in [-0.1, -0.05) is 12.0 Å². The van der Waals surface area contributed by atoms with Gasteiger partial charge in [-0.05, 0) is 18.1 Å². The van der Waals surface area contributed by atoms with Crippen molar-refractivity contribution < 1.29 is 14.6 Å². The molecule has 1 aliphatic rings. The third-order valence-electron chi connectivity index (χ3n) is 2.58. The number of aromatic nitrogens is 1. The average Bonchev–Trinajstić information content (AvgIpc) is 2.46. The molecule has 0 aliphatic carbocycles. The lowest BCUT2D eigenvalue weighted by Crippen LogP contribution is -2.43. The summed E-state index contributed by atoms with van der Waals surface area (Å²) in [5, 5.41) is 11.3. The van der Waals surface area contributed by atoms with Gasteiger partial charge in [-0.2, -0.15) is 0 Å². The van der Waals surface area contributed by atoms with Gasteiger partial charge in [0.05, 0.1) is 13.2 Å². The van der Waals surface area contributed by atoms with E-state index in [9.17, 15) is 4.79 Å². The largest absolute Gasteiger partial charge is 0.384 e. The van der Waals surface area contributed by atoms with E-state index in [1.54, 1.807) is 23.1 Å². The minimum absolute atomic E-state index is 0.192. The second-order valence-electron chi connectivity index (χ2n) is 3.90. The van der Waals surface area contributed by atoms with E-state index in [2.05, 4.69) is 22.1 Å². The monoisotopic (exact) mass is 261 g/mol. The van der Waals surface area contributed by atoms with Crippen LogP contribution in [0.4, 0.5) is 10.6 Å². The number of carbonyl (C=O) groups excluding carboxylic acids is 1. The van der Waals surface area contributed by atoms with E-state index in [-0.39, 0.29) is 12.6 Å². The number of urea groups is 1. The van der Waals surface area contributed by atoms with Crippen LogP contribution in [0.5, 0.6) is 0 Å². The van der Waals surface area contributed by atoms with Gasteiger partial charge in [-0.25, -0.2) is 9.78 Å². The van der Waals surface area contributed by atoms with Crippen LogP contribution in [0, 0.1) is 11.8 Å². The van der Waals surface area contributed by atoms with Gasteiger partial charge in [-0.15, -0.1) is 0 Å². The molecule has 1 fully saturated rings. The Bertz CT molecular complexity index is 501. The lowest BCUT2D eigenvalue weighted by Gasteiger charge is -2.26. The minimum Gasteiger partial charge on any atom is -0.384 e. The fourth-order valence-corrected chi connectivity index (χ4v) is 1.66. The topological polar surface area (TPSA) is 74.7 Å². The predicted molar refractivity (Wildman–Crippen MR) is 69.6 cm³/mol. The summed E-state index contributed by atoms with van der Waals surface area (Å²) < 4.78 is 5.18. The van der Waals surface area contributed by atoms with E-state index in [1.807, 2.05) is 0 Å². The molecule has 1 aromatic rings. The second kappa shape index (κ2) is 6.73. The molecule has 6 heteroatoms. The molecule has 1 saturated heterocycles. The molecule has 1 aliphatic heterocycles. The molecule has 19 heavy (non-hydrogen) atoms. The zero-order chi connectivity index (χ0) is 13.5. The Kier molecular flexibility index (Phi) is 4.72. The second-order valence-corrected chi connectivity index (χ2v) is 3.90. The summed E-state index contributed by atoms with van der Waals surface area (Å²) in [6.07, 6.45) is 0. The normalized spacial score (nSPS) is 14.5. The lowest BCUT2D eigenvalue weighted by molar-refractivity contribution is 0.0564. The van der Waals surface area contributed by atoms with Gasteiger partial charge < -0.3 is 14.7 Å². The summed E-state index contributed by atoms with van der Waals surface area (Å²) >= 11 is 0. The fourth-order valence-electron chi connectivity index (χ4n) is 1.66. The highest BCUT2D eigenvalue weighted by molar-refractivity contribution is 5.88. The number of pyridine rings is 1. The van der Waals surface area contributed by atoms with Gasteiger partial charge in [-0.3, -0.25) is 5.32 Å². The molecule has 0 saturated carbocycles. The number of carbonyl (C=O) groups is 1. The number of rotatable bonds is 1. The first-order valence-corrected chi connectivity index (χ1v) is 6.00. The number of amides is 2. The third kappa shape index (κ3) is 3.95. The molecular formula is C13H15N3O3. The summed E-state index contributed by atoms with van der Waals surface area (Å²) in [6.45, 7) is 2.06. The Labute approximate surface area is 111 Å². The van der Waals surface area contributed by atoms with Gasteiger partial charge in [0, 0.05) is 13.1 Å². The molecule has 0 radical (unpaired) electrons. The molecule has 2 N–H and O–H groups in total. The number of aliphatic hydroxyl groups excluding tert-OH is 1. The van der Waals surface area contributed by atoms with Crippen molar-refractivity contribution in [1.82, 2.24) is 9.88 Å². The highest BCUT2D eigenvalue weighted by Crippen LogP contribution is 2.06. The summed E-state index contributed by atoms with van der Waals surface area (Å²) in [6, 6.07) is 4.97. The van der Waals surface area contributed by atoms with Crippen molar-refractivity contribution in [3.63, 3.8) is 0 Å². The van der Waals surface area contributed by atoms with E-state index in [4.69, 9.17) is 9.84 Å². The maximum atomic E-state index is 11.9. The quantitative estimate of drug-likeness (QED) is 0.713. The smallest absolute Gasteiger partial charge is 0.323 e. The summed E-state index contributed by atoms with van der Waals surface area (Å²) in [5.41, 5.74) is 0.508. The number of ether oxygens (including phenoxy) is 1. The molecule has 0 unspecified atom stereocenters. The van der Waals surface area contributed by atoms with E-state index < -0.39 is 0 Å². The first kappa shape index (κ1) is 13.3. The zero-order valence-electron chi connectivity index (χ0n) is 10.4. The van der Waals surface area contributed by atoms with Gasteiger partial charge >= 0.3 is 6.03 Å². The van der Waals surface area contributed by atoms with Crippen LogP contribution in [0.1, 0.15) is 5.69 Å². The van der Waals surface area contributed by atoms with Crippen molar-refractivity contribution in [1.29, 1.82) is 0 Å². The van der Waals surface area contributed by atoms with Gasteiger partial charge in [0.2, 0.25) is 0 Å². The van der Waals surface area contributed by atoms with Crippen molar-refractivity contribution >= 4 is 11.8 Å². The molecule has 0 atom stereocenters. The van der Waals surface area contributed by atoms with Crippen LogP contribution in [0.25, 0.3) is 0 Å². The SMILES string of the molecule is O=C(Nc1cccc(C#CCO)n1)N1CCOCC1. The van der Waals surface area contributed by atoms with Crippen LogP contribution in [0.2, 0.25) is 0 Å². The van der Waals surface area contributed by atoms with Crippen molar-refractivity contribution in [2.75, 3.05) is 38.2 Å². The number of hydrogen-bond donors (Lipinski definition) is 2. The summed E-state index contributed by atoms with van der Waals surface area (Å²) in [4.78, 5) is 17.8. The maximum Gasteiger partial charge on any atom is 0.323 e. The molecular weight excluding hydrogens is 246 g/mol. The molecule has 100 valence electrons. The highest BCUT2D eigenvalue weighted by atomic mass is 16.5. The Morgan fingerprint density at radius 2 is 2.26 bits per heavy atom. The number of nitrogens with one attached hydrogen (secondary N) is 1. The average molecular weight is 261 g/mol. The van der Waals surface area contributed by atoms with Crippen molar-refractivity contribution in [3.05, 3.63) is 23.9 Å². The number of nitrogens with zero attached hydrogens (tertiary/aromatic N) is 2. The van der Waals surface area contributed by atoms with Crippen LogP contribution in [0.3, 0.4) is 0 Å². The third-order valence-corrected chi connectivity index (χ3v) is 2.58. The number of morpholine rings is 1. The lowest BCUT2D eigenvalue weighted by atomic mass is 10.3. The summed E-state index contributed by atoms with van der Waals surface area (Å²) in [7, 11) is 0. The van der Waals surface area contributed by atoms with E-state index >= 15 is 0 Å². The van der Waals surface area contributed by atoms with Crippen molar-refractivity contribution in [2.24, 2.45) is 0 Å². The fraction of sp³-hybridized carbons (Fsp3) is 0.385. The molecule has 0 aromatic carbocycles. The Morgan fingerprint density at radius 1 is 1.47 bits per heavy atom. The van der Waals surface area contributed by atoms with Crippen LogP contribution in [-0.2, 0) is 4.74 Å². The Morgan fingerprint density at radius 3 is 3.00 bits per heavy atom. The van der Waals surface area contributed by atoms with Gasteiger partial charge in [0.15, 0.2) is 0 Å². The number of hydrogen-bond acceptors (Lipinski definition) is 4. The van der Waals surface area contributed by atoms with Crippen LogP contribution in [0.15, 0.2) is 18.2 Å². The first-order chi connectivity index (χ1) is 9.29. The zero-order valence-corrected chi connectivity index (χ0v) is 10.4. The first-order valence-electron chi connectivity index (χ1n) is 6.00. The minimum atomic E-state index is -0.216. The molecule has 2 rings (SSSR count). The summed E-state index contributed by atoms with van der Waals surface area (Å²) in [5.74, 6) is 5.65. The van der Waals surface area contributed by atoms with Crippen molar-refractivity contribution in [3.8, 4) is 11.8 Å². The molecule has 0 bridgehead atoms. The van der Waals surface area contributed by atoms with E-state index in [1.165, 1.54) is 0 Å². The van der Waals surface area contributed by atoms with Crippen molar-refractivity contribution in [2.45, 2.75) is 0 Å². The molecule has 2 amide bonds. The molecule has 6 nitrogen and oxygen atoms in total. The number of anilines is 1. The standard InChI is InChI=1S/C13H15N3O3/c17-8-2-4-11-3-1-5-12(14-11)15-13(18)16-6-9-19-10-7-16/h1,3,5,17H,6-10H2,(H,14,15,18). The number of aliphatic hydroxyl groups is 1. The van der Waals surface area contributed by atoms with Gasteiger partial charge in [0.1, 0.15) is 18.1 Å². The Balaban J connectivity index is 1.99. The maximum absolute atomic E-state index is 11.9.